The van der Waals surface area contributed by atoms with Crippen LogP contribution in [0.15, 0.2) is 12.1 Å². The summed E-state index contributed by atoms with van der Waals surface area (Å²) >= 11 is 0. The van der Waals surface area contributed by atoms with E-state index in [0.717, 1.165) is 38.3 Å². The molecule has 150 valence electrons. The van der Waals surface area contributed by atoms with Gasteiger partial charge in [0.2, 0.25) is 0 Å². The second-order valence-corrected chi connectivity index (χ2v) is 8.86. The molecule has 0 saturated heterocycles. The van der Waals surface area contributed by atoms with Gasteiger partial charge in [0.15, 0.2) is 0 Å². The van der Waals surface area contributed by atoms with Crippen LogP contribution in [-0.2, 0) is 17.6 Å². The summed E-state index contributed by atoms with van der Waals surface area (Å²) in [6.45, 7) is 14.4. The number of fused-ring (bicyclic) bond motifs is 2. The van der Waals surface area contributed by atoms with Crippen LogP contribution in [0, 0.1) is 5.92 Å². The summed E-state index contributed by atoms with van der Waals surface area (Å²) in [5.74, 6) is 1.66. The molecule has 2 aliphatic heterocycles. The Balaban J connectivity index is 1.76. The van der Waals surface area contributed by atoms with Gasteiger partial charge in [-0.15, -0.1) is 0 Å². The normalized spacial score (nSPS) is 18.1. The molecule has 0 radical (unpaired) electrons. The van der Waals surface area contributed by atoms with E-state index in [1.165, 1.54) is 23.2 Å². The molecule has 2 aliphatic rings. The number of anilines is 1. The largest absolute Gasteiger partial charge is 0.490 e. The molecule has 0 spiro atoms. The van der Waals surface area contributed by atoms with E-state index in [0.29, 0.717) is 19.0 Å². The first-order valence-corrected chi connectivity index (χ1v) is 10.3. The van der Waals surface area contributed by atoms with Crippen molar-refractivity contribution in [3.05, 3.63) is 23.3 Å². The van der Waals surface area contributed by atoms with Gasteiger partial charge in [-0.05, 0) is 62.8 Å². The Morgan fingerprint density at radius 2 is 1.85 bits per heavy atom. The molecule has 0 fully saturated rings. The Morgan fingerprint density at radius 3 is 2.48 bits per heavy atom. The number of carbonyl (C=O) groups is 1. The smallest absolute Gasteiger partial charge is 0.410 e. The minimum Gasteiger partial charge on any atom is -0.490 e. The standard InChI is InChI=1S/C22H34N2O3/c1-6-16(2)15-24-11-12-26-20-14-18-8-10-23(21(25)27-22(3,4)5)9-7-17(18)13-19(20)24/h13-14,16H,6-12,15H2,1-5H3/t16-/m0/s1. The molecule has 0 saturated carbocycles. The van der Waals surface area contributed by atoms with E-state index >= 15 is 0 Å². The first-order chi connectivity index (χ1) is 12.8. The van der Waals surface area contributed by atoms with Gasteiger partial charge in [0.1, 0.15) is 18.0 Å². The van der Waals surface area contributed by atoms with E-state index in [1.807, 2.05) is 25.7 Å². The highest BCUT2D eigenvalue weighted by Gasteiger charge is 2.27. The third kappa shape index (κ3) is 4.88. The molecule has 5 heteroatoms. The van der Waals surface area contributed by atoms with Crippen molar-refractivity contribution in [3.8, 4) is 5.75 Å². The number of ether oxygens (including phenoxy) is 2. The second-order valence-electron chi connectivity index (χ2n) is 8.86. The molecule has 0 aromatic heterocycles. The van der Waals surface area contributed by atoms with Gasteiger partial charge in [0, 0.05) is 19.6 Å². The number of carbonyl (C=O) groups excluding carboxylic acids is 1. The third-order valence-corrected chi connectivity index (χ3v) is 5.42. The second kappa shape index (κ2) is 7.99. The zero-order valence-electron chi connectivity index (χ0n) is 17.5. The highest BCUT2D eigenvalue weighted by molar-refractivity contribution is 5.69. The fraction of sp³-hybridized carbons (Fsp3) is 0.682. The predicted octanol–water partition coefficient (Wildman–Crippen LogP) is 4.27. The van der Waals surface area contributed by atoms with Gasteiger partial charge in [-0.3, -0.25) is 0 Å². The molecule has 2 heterocycles. The van der Waals surface area contributed by atoms with Crippen molar-refractivity contribution in [1.82, 2.24) is 4.90 Å². The van der Waals surface area contributed by atoms with Crippen molar-refractivity contribution in [3.63, 3.8) is 0 Å². The number of amides is 1. The number of rotatable bonds is 3. The highest BCUT2D eigenvalue weighted by Crippen LogP contribution is 2.36. The predicted molar refractivity (Wildman–Crippen MR) is 109 cm³/mol. The Hall–Kier alpha value is -1.91. The van der Waals surface area contributed by atoms with Crippen LogP contribution in [0.4, 0.5) is 10.5 Å². The van der Waals surface area contributed by atoms with Crippen LogP contribution < -0.4 is 9.64 Å². The van der Waals surface area contributed by atoms with Gasteiger partial charge in [-0.2, -0.15) is 0 Å². The topological polar surface area (TPSA) is 42.0 Å². The summed E-state index contributed by atoms with van der Waals surface area (Å²) in [6.07, 6.45) is 2.67. The summed E-state index contributed by atoms with van der Waals surface area (Å²) < 4.78 is 11.5. The van der Waals surface area contributed by atoms with Crippen molar-refractivity contribution in [1.29, 1.82) is 0 Å². The minimum absolute atomic E-state index is 0.213. The third-order valence-electron chi connectivity index (χ3n) is 5.42. The van der Waals surface area contributed by atoms with Crippen molar-refractivity contribution < 1.29 is 14.3 Å². The molecular formula is C22H34N2O3. The van der Waals surface area contributed by atoms with Crippen molar-refractivity contribution in [2.45, 2.75) is 59.5 Å². The lowest BCUT2D eigenvalue weighted by Crippen LogP contribution is -2.38. The summed E-state index contributed by atoms with van der Waals surface area (Å²) in [5, 5.41) is 0. The van der Waals surface area contributed by atoms with Crippen molar-refractivity contribution in [2.75, 3.05) is 37.7 Å². The van der Waals surface area contributed by atoms with E-state index in [4.69, 9.17) is 9.47 Å². The van der Waals surface area contributed by atoms with Crippen LogP contribution >= 0.6 is 0 Å². The van der Waals surface area contributed by atoms with Crippen LogP contribution in [-0.4, -0.2) is 49.4 Å². The van der Waals surface area contributed by atoms with E-state index in [1.54, 1.807) is 0 Å². The summed E-state index contributed by atoms with van der Waals surface area (Å²) in [5.41, 5.74) is 3.38. The maximum absolute atomic E-state index is 12.5. The number of hydrogen-bond donors (Lipinski definition) is 0. The lowest BCUT2D eigenvalue weighted by Gasteiger charge is -2.34. The van der Waals surface area contributed by atoms with E-state index < -0.39 is 5.60 Å². The molecule has 27 heavy (non-hydrogen) atoms. The van der Waals surface area contributed by atoms with Crippen molar-refractivity contribution in [2.24, 2.45) is 5.92 Å². The summed E-state index contributed by atoms with van der Waals surface area (Å²) in [7, 11) is 0. The first-order valence-electron chi connectivity index (χ1n) is 10.3. The molecule has 3 rings (SSSR count). The van der Waals surface area contributed by atoms with Crippen LogP contribution in [0.25, 0.3) is 0 Å². The zero-order chi connectivity index (χ0) is 19.6. The molecule has 1 amide bonds. The molecule has 1 aromatic rings. The fourth-order valence-electron chi connectivity index (χ4n) is 3.69. The first kappa shape index (κ1) is 19.8. The van der Waals surface area contributed by atoms with Crippen LogP contribution in [0.3, 0.4) is 0 Å². The number of nitrogens with zero attached hydrogens (tertiary/aromatic N) is 2. The highest BCUT2D eigenvalue weighted by atomic mass is 16.6. The average molecular weight is 375 g/mol. The molecule has 0 N–H and O–H groups in total. The maximum Gasteiger partial charge on any atom is 0.410 e. The van der Waals surface area contributed by atoms with Gasteiger partial charge in [-0.25, -0.2) is 4.79 Å². The minimum atomic E-state index is -0.459. The molecule has 1 aromatic carbocycles. The zero-order valence-corrected chi connectivity index (χ0v) is 17.5. The lowest BCUT2D eigenvalue weighted by molar-refractivity contribution is 0.0258. The van der Waals surface area contributed by atoms with Gasteiger partial charge in [0.05, 0.1) is 12.2 Å². The Bertz CT molecular complexity index is 681. The molecule has 1 atom stereocenters. The quantitative estimate of drug-likeness (QED) is 0.792. The number of hydrogen-bond acceptors (Lipinski definition) is 4. The summed E-state index contributed by atoms with van der Waals surface area (Å²) in [6, 6.07) is 4.50. The SMILES string of the molecule is CC[C@H](C)CN1CCOc2cc3c(cc21)CCN(C(=O)OC(C)(C)C)CC3. The van der Waals surface area contributed by atoms with Crippen LogP contribution in [0.1, 0.15) is 52.2 Å². The molecule has 5 nitrogen and oxygen atoms in total. The van der Waals surface area contributed by atoms with Gasteiger partial charge in [0.25, 0.3) is 0 Å². The molecule has 0 aliphatic carbocycles. The monoisotopic (exact) mass is 374 g/mol. The Morgan fingerprint density at radius 1 is 1.19 bits per heavy atom. The van der Waals surface area contributed by atoms with Gasteiger partial charge >= 0.3 is 6.09 Å². The van der Waals surface area contributed by atoms with E-state index in [9.17, 15) is 4.79 Å². The van der Waals surface area contributed by atoms with E-state index in [2.05, 4.69) is 30.9 Å². The van der Waals surface area contributed by atoms with Crippen LogP contribution in [0.5, 0.6) is 5.75 Å². The molecule has 0 unspecified atom stereocenters. The maximum atomic E-state index is 12.5. The van der Waals surface area contributed by atoms with Crippen molar-refractivity contribution >= 4 is 11.8 Å². The Labute approximate surface area is 163 Å². The van der Waals surface area contributed by atoms with E-state index in [-0.39, 0.29) is 6.09 Å². The Kier molecular flexibility index (Phi) is 5.87. The van der Waals surface area contributed by atoms with Crippen LogP contribution in [0.2, 0.25) is 0 Å². The van der Waals surface area contributed by atoms with Gasteiger partial charge < -0.3 is 19.3 Å². The average Bonchev–Trinajstić information content (AvgIpc) is 2.81. The molecular weight excluding hydrogens is 340 g/mol. The fourth-order valence-corrected chi connectivity index (χ4v) is 3.69. The van der Waals surface area contributed by atoms with Gasteiger partial charge in [-0.1, -0.05) is 20.3 Å². The summed E-state index contributed by atoms with van der Waals surface area (Å²) in [4.78, 5) is 16.7. The lowest BCUT2D eigenvalue weighted by atomic mass is 9.99. The molecule has 0 bridgehead atoms. The number of benzene rings is 1.